The van der Waals surface area contributed by atoms with Crippen LogP contribution in [0.1, 0.15) is 31.4 Å². The van der Waals surface area contributed by atoms with Crippen LogP contribution in [0.15, 0.2) is 67.2 Å². The standard InChI is InChI=1S/C23H26O4/c1-4-26-21(24)23(22(25)27-5-2,17-19-12-8-6-9-13-19)16-18(3)20-14-10-7-11-15-20/h6-15H,3-5,16-17H2,1-2H3. The van der Waals surface area contributed by atoms with Crippen molar-refractivity contribution in [1.29, 1.82) is 0 Å². The molecule has 0 atom stereocenters. The summed E-state index contributed by atoms with van der Waals surface area (Å²) in [5, 5.41) is 0. The summed E-state index contributed by atoms with van der Waals surface area (Å²) in [6.45, 7) is 7.94. The van der Waals surface area contributed by atoms with Crippen molar-refractivity contribution in [2.75, 3.05) is 13.2 Å². The zero-order valence-corrected chi connectivity index (χ0v) is 15.9. The van der Waals surface area contributed by atoms with E-state index in [0.29, 0.717) is 5.57 Å². The molecule has 0 saturated heterocycles. The van der Waals surface area contributed by atoms with Gasteiger partial charge in [0.05, 0.1) is 13.2 Å². The zero-order chi connectivity index (χ0) is 19.7. The Balaban J connectivity index is 2.46. The third-order valence-electron chi connectivity index (χ3n) is 4.38. The van der Waals surface area contributed by atoms with Crippen LogP contribution in [0.4, 0.5) is 0 Å². The Hall–Kier alpha value is -2.88. The zero-order valence-electron chi connectivity index (χ0n) is 15.9. The number of hydrogen-bond acceptors (Lipinski definition) is 4. The lowest BCUT2D eigenvalue weighted by atomic mass is 9.75. The van der Waals surface area contributed by atoms with Gasteiger partial charge in [-0.15, -0.1) is 0 Å². The molecule has 0 N–H and O–H groups in total. The van der Waals surface area contributed by atoms with E-state index in [1.165, 1.54) is 0 Å². The molecule has 0 saturated carbocycles. The van der Waals surface area contributed by atoms with Crippen LogP contribution in [0.3, 0.4) is 0 Å². The Morgan fingerprint density at radius 1 is 0.852 bits per heavy atom. The highest BCUT2D eigenvalue weighted by molar-refractivity contribution is 6.02. The summed E-state index contributed by atoms with van der Waals surface area (Å²) < 4.78 is 10.6. The van der Waals surface area contributed by atoms with E-state index in [2.05, 4.69) is 6.58 Å². The molecular weight excluding hydrogens is 340 g/mol. The first kappa shape index (κ1) is 20.4. The van der Waals surface area contributed by atoms with Gasteiger partial charge in [-0.1, -0.05) is 67.2 Å². The fourth-order valence-corrected chi connectivity index (χ4v) is 3.06. The van der Waals surface area contributed by atoms with Gasteiger partial charge in [0.25, 0.3) is 0 Å². The number of allylic oxidation sites excluding steroid dienone is 1. The van der Waals surface area contributed by atoms with Crippen molar-refractivity contribution < 1.29 is 19.1 Å². The van der Waals surface area contributed by atoms with Crippen LogP contribution >= 0.6 is 0 Å². The molecule has 2 aromatic carbocycles. The first-order chi connectivity index (χ1) is 13.0. The average molecular weight is 366 g/mol. The molecule has 27 heavy (non-hydrogen) atoms. The molecule has 2 aromatic rings. The van der Waals surface area contributed by atoms with Crippen molar-refractivity contribution in [3.63, 3.8) is 0 Å². The van der Waals surface area contributed by atoms with E-state index < -0.39 is 17.4 Å². The lowest BCUT2D eigenvalue weighted by molar-refractivity contribution is -0.171. The summed E-state index contributed by atoms with van der Waals surface area (Å²) in [4.78, 5) is 26.0. The quantitative estimate of drug-likeness (QED) is 0.486. The van der Waals surface area contributed by atoms with Gasteiger partial charge >= 0.3 is 11.9 Å². The van der Waals surface area contributed by atoms with Gasteiger partial charge in [0.1, 0.15) is 0 Å². The Morgan fingerprint density at radius 2 is 1.33 bits per heavy atom. The normalized spacial score (nSPS) is 10.9. The monoisotopic (exact) mass is 366 g/mol. The third-order valence-corrected chi connectivity index (χ3v) is 4.38. The summed E-state index contributed by atoms with van der Waals surface area (Å²) in [6, 6.07) is 18.9. The van der Waals surface area contributed by atoms with Crippen molar-refractivity contribution in [2.45, 2.75) is 26.7 Å². The molecule has 2 rings (SSSR count). The second-order valence-electron chi connectivity index (χ2n) is 6.33. The van der Waals surface area contributed by atoms with E-state index in [1.54, 1.807) is 13.8 Å². The topological polar surface area (TPSA) is 52.6 Å². The van der Waals surface area contributed by atoms with Crippen molar-refractivity contribution in [1.82, 2.24) is 0 Å². The molecular formula is C23H26O4. The number of ether oxygens (including phenoxy) is 2. The van der Waals surface area contributed by atoms with Gasteiger partial charge in [-0.25, -0.2) is 0 Å². The molecule has 4 nitrogen and oxygen atoms in total. The molecule has 0 aliphatic heterocycles. The molecule has 0 heterocycles. The Bertz CT molecular complexity index is 747. The molecule has 0 unspecified atom stereocenters. The predicted molar refractivity (Wildman–Crippen MR) is 106 cm³/mol. The number of esters is 2. The number of hydrogen-bond donors (Lipinski definition) is 0. The predicted octanol–water partition coefficient (Wildman–Crippen LogP) is 4.45. The lowest BCUT2D eigenvalue weighted by Crippen LogP contribution is -2.44. The van der Waals surface area contributed by atoms with Gasteiger partial charge in [0.15, 0.2) is 5.41 Å². The van der Waals surface area contributed by atoms with Crippen LogP contribution in [0.5, 0.6) is 0 Å². The third kappa shape index (κ3) is 5.07. The summed E-state index contributed by atoms with van der Waals surface area (Å²) in [7, 11) is 0. The number of benzene rings is 2. The molecule has 0 aromatic heterocycles. The molecule has 0 fully saturated rings. The fourth-order valence-electron chi connectivity index (χ4n) is 3.06. The molecule has 0 amide bonds. The van der Waals surface area contributed by atoms with Crippen LogP contribution < -0.4 is 0 Å². The summed E-state index contributed by atoms with van der Waals surface area (Å²) in [6.07, 6.45) is 0.320. The minimum absolute atomic E-state index is 0.129. The number of carbonyl (C=O) groups is 2. The molecule has 0 bridgehead atoms. The maximum absolute atomic E-state index is 13.0. The van der Waals surface area contributed by atoms with Crippen molar-refractivity contribution in [3.8, 4) is 0 Å². The average Bonchev–Trinajstić information content (AvgIpc) is 2.69. The Kier molecular flexibility index (Phi) is 7.35. The van der Waals surface area contributed by atoms with Gasteiger partial charge in [-0.3, -0.25) is 9.59 Å². The van der Waals surface area contributed by atoms with Gasteiger partial charge in [-0.05, 0) is 43.4 Å². The van der Waals surface area contributed by atoms with E-state index in [1.807, 2.05) is 60.7 Å². The van der Waals surface area contributed by atoms with E-state index in [0.717, 1.165) is 11.1 Å². The van der Waals surface area contributed by atoms with Crippen molar-refractivity contribution >= 4 is 17.5 Å². The first-order valence-electron chi connectivity index (χ1n) is 9.15. The SMILES string of the molecule is C=C(CC(Cc1ccccc1)(C(=O)OCC)C(=O)OCC)c1ccccc1. The number of carbonyl (C=O) groups excluding carboxylic acids is 2. The maximum atomic E-state index is 13.0. The Labute approximate surface area is 160 Å². The minimum atomic E-state index is -1.47. The molecule has 4 heteroatoms. The van der Waals surface area contributed by atoms with Crippen LogP contribution in [0.2, 0.25) is 0 Å². The Morgan fingerprint density at radius 3 is 1.81 bits per heavy atom. The highest BCUT2D eigenvalue weighted by Crippen LogP contribution is 2.37. The van der Waals surface area contributed by atoms with Gasteiger partial charge in [-0.2, -0.15) is 0 Å². The maximum Gasteiger partial charge on any atom is 0.324 e. The smallest absolute Gasteiger partial charge is 0.324 e. The van der Waals surface area contributed by atoms with Crippen molar-refractivity contribution in [2.24, 2.45) is 5.41 Å². The van der Waals surface area contributed by atoms with E-state index >= 15 is 0 Å². The number of rotatable bonds is 9. The van der Waals surface area contributed by atoms with Crippen LogP contribution in [-0.2, 0) is 25.5 Å². The van der Waals surface area contributed by atoms with Crippen molar-refractivity contribution in [3.05, 3.63) is 78.4 Å². The van der Waals surface area contributed by atoms with Gasteiger partial charge < -0.3 is 9.47 Å². The highest BCUT2D eigenvalue weighted by atomic mass is 16.6. The lowest BCUT2D eigenvalue weighted by Gasteiger charge is -2.30. The molecule has 0 aliphatic rings. The summed E-state index contributed by atoms with van der Waals surface area (Å²) >= 11 is 0. The molecule has 142 valence electrons. The molecule has 0 radical (unpaired) electrons. The summed E-state index contributed by atoms with van der Waals surface area (Å²) in [5.74, 6) is -1.16. The van der Waals surface area contributed by atoms with E-state index in [4.69, 9.17) is 9.47 Å². The van der Waals surface area contributed by atoms with Crippen LogP contribution in [-0.4, -0.2) is 25.2 Å². The van der Waals surface area contributed by atoms with Gasteiger partial charge in [0.2, 0.25) is 0 Å². The van der Waals surface area contributed by atoms with E-state index in [9.17, 15) is 9.59 Å². The van der Waals surface area contributed by atoms with Crippen LogP contribution in [0.25, 0.3) is 5.57 Å². The second kappa shape index (κ2) is 9.72. The second-order valence-corrected chi connectivity index (χ2v) is 6.33. The summed E-state index contributed by atoms with van der Waals surface area (Å²) in [5.41, 5.74) is 0.955. The van der Waals surface area contributed by atoms with Gasteiger partial charge in [0, 0.05) is 0 Å². The highest BCUT2D eigenvalue weighted by Gasteiger charge is 2.49. The fraction of sp³-hybridized carbons (Fsp3) is 0.304. The minimum Gasteiger partial charge on any atom is -0.465 e. The van der Waals surface area contributed by atoms with Crippen LogP contribution in [0, 0.1) is 5.41 Å². The molecule has 0 aliphatic carbocycles. The first-order valence-corrected chi connectivity index (χ1v) is 9.15. The van der Waals surface area contributed by atoms with E-state index in [-0.39, 0.29) is 26.1 Å². The largest absolute Gasteiger partial charge is 0.465 e. The molecule has 0 spiro atoms.